The van der Waals surface area contributed by atoms with E-state index in [0.29, 0.717) is 19.6 Å². The number of ether oxygens (including phenoxy) is 1. The first-order chi connectivity index (χ1) is 9.70. The lowest BCUT2D eigenvalue weighted by atomic mass is 10.2. The van der Waals surface area contributed by atoms with Crippen LogP contribution in [-0.4, -0.2) is 36.4 Å². The van der Waals surface area contributed by atoms with Gasteiger partial charge in [-0.15, -0.1) is 0 Å². The SMILES string of the molecule is N#CCC(=O)NCCN1Cc2ccccc2OCC1=O. The highest BCUT2D eigenvalue weighted by Crippen LogP contribution is 2.22. The average molecular weight is 273 g/mol. The van der Waals surface area contributed by atoms with Gasteiger partial charge in [0, 0.05) is 25.2 Å². The number of nitrogens with zero attached hydrogens (tertiary/aromatic N) is 2. The van der Waals surface area contributed by atoms with E-state index in [1.54, 1.807) is 11.0 Å². The molecule has 1 aromatic carbocycles. The maximum atomic E-state index is 11.9. The van der Waals surface area contributed by atoms with Crippen molar-refractivity contribution in [1.82, 2.24) is 10.2 Å². The third kappa shape index (κ3) is 3.48. The van der Waals surface area contributed by atoms with E-state index in [9.17, 15) is 9.59 Å². The fourth-order valence-corrected chi connectivity index (χ4v) is 1.97. The number of fused-ring (bicyclic) bond motifs is 1. The van der Waals surface area contributed by atoms with Crippen LogP contribution in [0.5, 0.6) is 5.75 Å². The Morgan fingerprint density at radius 2 is 2.25 bits per heavy atom. The molecule has 0 spiro atoms. The summed E-state index contributed by atoms with van der Waals surface area (Å²) < 4.78 is 5.44. The van der Waals surface area contributed by atoms with Gasteiger partial charge in [0.2, 0.25) is 5.91 Å². The Balaban J connectivity index is 1.93. The first-order valence-electron chi connectivity index (χ1n) is 6.33. The highest BCUT2D eigenvalue weighted by molar-refractivity contribution is 5.79. The van der Waals surface area contributed by atoms with Gasteiger partial charge in [-0.25, -0.2) is 0 Å². The van der Waals surface area contributed by atoms with Gasteiger partial charge in [0.05, 0.1) is 6.07 Å². The first kappa shape index (κ1) is 13.9. The lowest BCUT2D eigenvalue weighted by Gasteiger charge is -2.19. The predicted octanol–water partition coefficient (Wildman–Crippen LogP) is 0.437. The van der Waals surface area contributed by atoms with Gasteiger partial charge in [0.15, 0.2) is 6.61 Å². The minimum absolute atomic E-state index is 0.00313. The van der Waals surface area contributed by atoms with Crippen molar-refractivity contribution in [1.29, 1.82) is 5.26 Å². The minimum Gasteiger partial charge on any atom is -0.483 e. The summed E-state index contributed by atoms with van der Waals surface area (Å²) in [5.74, 6) is 0.277. The molecule has 0 radical (unpaired) electrons. The molecule has 0 fully saturated rings. The third-order valence-corrected chi connectivity index (χ3v) is 2.98. The molecule has 1 aliphatic rings. The molecule has 0 aromatic heterocycles. The maximum Gasteiger partial charge on any atom is 0.260 e. The second-order valence-corrected chi connectivity index (χ2v) is 4.40. The molecule has 0 bridgehead atoms. The zero-order valence-electron chi connectivity index (χ0n) is 11.0. The Hall–Kier alpha value is -2.55. The number of rotatable bonds is 4. The Labute approximate surface area is 116 Å². The number of benzene rings is 1. The van der Waals surface area contributed by atoms with Crippen molar-refractivity contribution in [3.05, 3.63) is 29.8 Å². The summed E-state index contributed by atoms with van der Waals surface area (Å²) in [5.41, 5.74) is 0.946. The van der Waals surface area contributed by atoms with E-state index in [0.717, 1.165) is 11.3 Å². The van der Waals surface area contributed by atoms with Gasteiger partial charge in [-0.1, -0.05) is 18.2 Å². The number of nitrogens with one attached hydrogen (secondary N) is 1. The molecule has 1 N–H and O–H groups in total. The molecule has 1 heterocycles. The van der Waals surface area contributed by atoms with Crippen LogP contribution in [0.4, 0.5) is 0 Å². The van der Waals surface area contributed by atoms with Crippen molar-refractivity contribution in [2.24, 2.45) is 0 Å². The van der Waals surface area contributed by atoms with E-state index in [-0.39, 0.29) is 24.8 Å². The van der Waals surface area contributed by atoms with Crippen molar-refractivity contribution in [3.8, 4) is 11.8 Å². The number of amides is 2. The lowest BCUT2D eigenvalue weighted by molar-refractivity contribution is -0.133. The molecule has 2 rings (SSSR count). The molecule has 104 valence electrons. The smallest absolute Gasteiger partial charge is 0.260 e. The Kier molecular flexibility index (Phi) is 4.56. The summed E-state index contributed by atoms with van der Waals surface area (Å²) in [6.07, 6.45) is -0.167. The van der Waals surface area contributed by atoms with E-state index >= 15 is 0 Å². The zero-order valence-corrected chi connectivity index (χ0v) is 11.0. The van der Waals surface area contributed by atoms with Crippen LogP contribution in [0.1, 0.15) is 12.0 Å². The van der Waals surface area contributed by atoms with Gasteiger partial charge in [-0.2, -0.15) is 5.26 Å². The van der Waals surface area contributed by atoms with Gasteiger partial charge in [0.1, 0.15) is 12.2 Å². The van der Waals surface area contributed by atoms with E-state index in [1.807, 2.05) is 24.3 Å². The van der Waals surface area contributed by atoms with Gasteiger partial charge in [-0.3, -0.25) is 9.59 Å². The van der Waals surface area contributed by atoms with Crippen molar-refractivity contribution in [2.75, 3.05) is 19.7 Å². The van der Waals surface area contributed by atoms with Crippen LogP contribution in [0.25, 0.3) is 0 Å². The topological polar surface area (TPSA) is 82.4 Å². The van der Waals surface area contributed by atoms with Crippen molar-refractivity contribution in [3.63, 3.8) is 0 Å². The normalized spacial score (nSPS) is 13.8. The van der Waals surface area contributed by atoms with E-state index < -0.39 is 0 Å². The molecule has 6 nitrogen and oxygen atoms in total. The van der Waals surface area contributed by atoms with Crippen LogP contribution in [0.3, 0.4) is 0 Å². The van der Waals surface area contributed by atoms with Crippen LogP contribution in [0.2, 0.25) is 0 Å². The van der Waals surface area contributed by atoms with Gasteiger partial charge in [-0.05, 0) is 6.07 Å². The number of para-hydroxylation sites is 1. The van der Waals surface area contributed by atoms with E-state index in [1.165, 1.54) is 0 Å². The van der Waals surface area contributed by atoms with Crippen LogP contribution >= 0.6 is 0 Å². The second kappa shape index (κ2) is 6.57. The van der Waals surface area contributed by atoms with Crippen molar-refractivity contribution >= 4 is 11.8 Å². The number of nitriles is 1. The summed E-state index contributed by atoms with van der Waals surface area (Å²) in [6.45, 7) is 1.19. The number of carbonyl (C=O) groups excluding carboxylic acids is 2. The molecule has 1 aliphatic heterocycles. The number of hydrogen-bond acceptors (Lipinski definition) is 4. The predicted molar refractivity (Wildman–Crippen MR) is 70.6 cm³/mol. The summed E-state index contributed by atoms with van der Waals surface area (Å²) in [4.78, 5) is 24.7. The molecule has 0 aliphatic carbocycles. The first-order valence-corrected chi connectivity index (χ1v) is 6.33. The molecule has 20 heavy (non-hydrogen) atoms. The standard InChI is InChI=1S/C14H15N3O3/c15-6-5-13(18)16-7-8-17-9-11-3-1-2-4-12(11)20-10-14(17)19/h1-4H,5,7-10H2,(H,16,18). The molecule has 0 atom stereocenters. The van der Waals surface area contributed by atoms with Crippen molar-refractivity contribution in [2.45, 2.75) is 13.0 Å². The molecule has 1 aromatic rings. The summed E-state index contributed by atoms with van der Waals surface area (Å²) in [7, 11) is 0. The summed E-state index contributed by atoms with van der Waals surface area (Å²) in [6, 6.07) is 9.28. The summed E-state index contributed by atoms with van der Waals surface area (Å²) >= 11 is 0. The number of hydrogen-bond donors (Lipinski definition) is 1. The van der Waals surface area contributed by atoms with Crippen LogP contribution < -0.4 is 10.1 Å². The number of carbonyl (C=O) groups is 2. The monoisotopic (exact) mass is 273 g/mol. The summed E-state index contributed by atoms with van der Waals surface area (Å²) in [5, 5.41) is 11.0. The van der Waals surface area contributed by atoms with E-state index in [4.69, 9.17) is 10.00 Å². The Morgan fingerprint density at radius 1 is 1.45 bits per heavy atom. The van der Waals surface area contributed by atoms with Gasteiger partial charge >= 0.3 is 0 Å². The maximum absolute atomic E-state index is 11.9. The fraction of sp³-hybridized carbons (Fsp3) is 0.357. The van der Waals surface area contributed by atoms with Gasteiger partial charge < -0.3 is 15.0 Å². The van der Waals surface area contributed by atoms with E-state index in [2.05, 4.69) is 5.32 Å². The quantitative estimate of drug-likeness (QED) is 0.862. The molecule has 0 saturated heterocycles. The molecular formula is C14H15N3O3. The highest BCUT2D eigenvalue weighted by atomic mass is 16.5. The fourth-order valence-electron chi connectivity index (χ4n) is 1.97. The third-order valence-electron chi connectivity index (χ3n) is 2.98. The minimum atomic E-state index is -0.327. The molecular weight excluding hydrogens is 258 g/mol. The van der Waals surface area contributed by atoms with Crippen molar-refractivity contribution < 1.29 is 14.3 Å². The molecule has 2 amide bonds. The molecule has 6 heteroatoms. The second-order valence-electron chi connectivity index (χ2n) is 4.40. The van der Waals surface area contributed by atoms with Crippen LogP contribution in [-0.2, 0) is 16.1 Å². The highest BCUT2D eigenvalue weighted by Gasteiger charge is 2.20. The lowest BCUT2D eigenvalue weighted by Crippen LogP contribution is -2.39. The largest absolute Gasteiger partial charge is 0.483 e. The molecule has 0 saturated carbocycles. The average Bonchev–Trinajstić information content (AvgIpc) is 2.60. The van der Waals surface area contributed by atoms with Gasteiger partial charge in [0.25, 0.3) is 5.91 Å². The zero-order chi connectivity index (χ0) is 14.4. The van der Waals surface area contributed by atoms with Crippen LogP contribution in [0, 0.1) is 11.3 Å². The Morgan fingerprint density at radius 3 is 3.05 bits per heavy atom. The Bertz CT molecular complexity index is 551. The van der Waals surface area contributed by atoms with Crippen LogP contribution in [0.15, 0.2) is 24.3 Å². The molecule has 0 unspecified atom stereocenters.